The van der Waals surface area contributed by atoms with Crippen LogP contribution in [0.25, 0.3) is 0 Å². The Hall–Kier alpha value is -0.900. The molecule has 1 aromatic carbocycles. The molecule has 0 aromatic heterocycles. The Bertz CT molecular complexity index is 515. The second kappa shape index (κ2) is 5.38. The summed E-state index contributed by atoms with van der Waals surface area (Å²) in [7, 11) is 0. The van der Waals surface area contributed by atoms with Gasteiger partial charge in [-0.2, -0.15) is 0 Å². The van der Waals surface area contributed by atoms with Crippen LogP contribution in [-0.4, -0.2) is 30.5 Å². The van der Waals surface area contributed by atoms with Gasteiger partial charge in [-0.15, -0.1) is 0 Å². The average molecular weight is 290 g/mol. The average Bonchev–Trinajstić information content (AvgIpc) is 2.89. The SMILES string of the molecule is Cc1ccc(C(C)(O)C2CCOC3(CCOC3)C2)cc1C. The molecular weight excluding hydrogens is 264 g/mol. The Morgan fingerprint density at radius 1 is 1.24 bits per heavy atom. The molecule has 2 saturated heterocycles. The topological polar surface area (TPSA) is 38.7 Å². The molecule has 0 radical (unpaired) electrons. The van der Waals surface area contributed by atoms with Gasteiger partial charge in [-0.25, -0.2) is 0 Å². The van der Waals surface area contributed by atoms with Crippen molar-refractivity contribution in [1.82, 2.24) is 0 Å². The number of ether oxygens (including phenoxy) is 2. The number of hydrogen-bond donors (Lipinski definition) is 1. The normalized spacial score (nSPS) is 32.3. The maximum absolute atomic E-state index is 11.2. The highest BCUT2D eigenvalue weighted by Gasteiger charge is 2.46. The van der Waals surface area contributed by atoms with Crippen molar-refractivity contribution in [2.24, 2.45) is 5.92 Å². The number of hydrogen-bond acceptors (Lipinski definition) is 3. The zero-order valence-corrected chi connectivity index (χ0v) is 13.3. The van der Waals surface area contributed by atoms with E-state index in [0.29, 0.717) is 6.61 Å². The van der Waals surface area contributed by atoms with Crippen LogP contribution in [0.3, 0.4) is 0 Å². The van der Waals surface area contributed by atoms with E-state index in [1.807, 2.05) is 6.92 Å². The van der Waals surface area contributed by atoms with Crippen LogP contribution in [0.2, 0.25) is 0 Å². The first kappa shape index (κ1) is 15.0. The molecule has 116 valence electrons. The zero-order valence-electron chi connectivity index (χ0n) is 13.3. The minimum atomic E-state index is -0.808. The molecule has 3 unspecified atom stereocenters. The smallest absolute Gasteiger partial charge is 0.0940 e. The van der Waals surface area contributed by atoms with Crippen molar-refractivity contribution in [1.29, 1.82) is 0 Å². The van der Waals surface area contributed by atoms with Gasteiger partial charge < -0.3 is 14.6 Å². The maximum Gasteiger partial charge on any atom is 0.0940 e. The first-order valence-corrected chi connectivity index (χ1v) is 7.95. The fourth-order valence-corrected chi connectivity index (χ4v) is 3.66. The molecule has 21 heavy (non-hydrogen) atoms. The van der Waals surface area contributed by atoms with Crippen LogP contribution in [0, 0.1) is 19.8 Å². The van der Waals surface area contributed by atoms with E-state index in [0.717, 1.165) is 38.0 Å². The molecule has 1 N–H and O–H groups in total. The van der Waals surface area contributed by atoms with E-state index in [-0.39, 0.29) is 11.5 Å². The van der Waals surface area contributed by atoms with Crippen molar-refractivity contribution in [3.05, 3.63) is 34.9 Å². The summed E-state index contributed by atoms with van der Waals surface area (Å²) < 4.78 is 11.5. The lowest BCUT2D eigenvalue weighted by molar-refractivity contribution is -0.140. The van der Waals surface area contributed by atoms with Crippen molar-refractivity contribution in [3.63, 3.8) is 0 Å². The third-order valence-electron chi connectivity index (χ3n) is 5.45. The Labute approximate surface area is 127 Å². The first-order chi connectivity index (χ1) is 9.93. The van der Waals surface area contributed by atoms with Gasteiger partial charge in [0, 0.05) is 19.6 Å². The highest BCUT2D eigenvalue weighted by Crippen LogP contribution is 2.44. The van der Waals surface area contributed by atoms with Gasteiger partial charge in [0.2, 0.25) is 0 Å². The molecule has 0 aliphatic carbocycles. The van der Waals surface area contributed by atoms with E-state index in [1.54, 1.807) is 0 Å². The lowest BCUT2D eigenvalue weighted by Gasteiger charge is -2.43. The molecule has 0 amide bonds. The summed E-state index contributed by atoms with van der Waals surface area (Å²) in [4.78, 5) is 0. The van der Waals surface area contributed by atoms with Gasteiger partial charge in [0.05, 0.1) is 17.8 Å². The van der Waals surface area contributed by atoms with E-state index in [9.17, 15) is 5.11 Å². The van der Waals surface area contributed by atoms with Crippen LogP contribution < -0.4 is 0 Å². The van der Waals surface area contributed by atoms with E-state index >= 15 is 0 Å². The molecule has 2 aliphatic heterocycles. The number of rotatable bonds is 2. The fraction of sp³-hybridized carbons (Fsp3) is 0.667. The molecule has 2 heterocycles. The second-order valence-corrected chi connectivity index (χ2v) is 6.97. The summed E-state index contributed by atoms with van der Waals surface area (Å²) in [5, 5.41) is 11.2. The number of aryl methyl sites for hydroxylation is 2. The highest BCUT2D eigenvalue weighted by molar-refractivity contribution is 5.33. The van der Waals surface area contributed by atoms with Gasteiger partial charge >= 0.3 is 0 Å². The molecule has 3 atom stereocenters. The van der Waals surface area contributed by atoms with E-state index in [2.05, 4.69) is 32.0 Å². The molecule has 2 fully saturated rings. The van der Waals surface area contributed by atoms with Crippen LogP contribution in [0.1, 0.15) is 42.9 Å². The molecule has 3 nitrogen and oxygen atoms in total. The maximum atomic E-state index is 11.2. The Morgan fingerprint density at radius 2 is 2.05 bits per heavy atom. The first-order valence-electron chi connectivity index (χ1n) is 7.95. The molecule has 1 aromatic rings. The molecule has 1 spiro atoms. The quantitative estimate of drug-likeness (QED) is 0.909. The van der Waals surface area contributed by atoms with E-state index in [1.165, 1.54) is 11.1 Å². The molecular formula is C18H26O3. The fourth-order valence-electron chi connectivity index (χ4n) is 3.66. The summed E-state index contributed by atoms with van der Waals surface area (Å²) in [6, 6.07) is 6.30. The van der Waals surface area contributed by atoms with Gasteiger partial charge in [0.25, 0.3) is 0 Å². The molecule has 3 rings (SSSR count). The van der Waals surface area contributed by atoms with Gasteiger partial charge in [0.1, 0.15) is 0 Å². The minimum Gasteiger partial charge on any atom is -0.385 e. The van der Waals surface area contributed by atoms with Gasteiger partial charge in [-0.1, -0.05) is 18.2 Å². The highest BCUT2D eigenvalue weighted by atomic mass is 16.6. The van der Waals surface area contributed by atoms with Crippen molar-refractivity contribution in [2.45, 2.75) is 51.2 Å². The largest absolute Gasteiger partial charge is 0.385 e. The van der Waals surface area contributed by atoms with Crippen LogP contribution >= 0.6 is 0 Å². The third-order valence-corrected chi connectivity index (χ3v) is 5.45. The summed E-state index contributed by atoms with van der Waals surface area (Å²) in [6.07, 6.45) is 2.74. The minimum absolute atomic E-state index is 0.160. The number of aliphatic hydroxyl groups is 1. The van der Waals surface area contributed by atoms with Crippen molar-refractivity contribution >= 4 is 0 Å². The number of benzene rings is 1. The molecule has 2 aliphatic rings. The van der Waals surface area contributed by atoms with Gasteiger partial charge in [-0.3, -0.25) is 0 Å². The second-order valence-electron chi connectivity index (χ2n) is 6.97. The van der Waals surface area contributed by atoms with Crippen molar-refractivity contribution < 1.29 is 14.6 Å². The summed E-state index contributed by atoms with van der Waals surface area (Å²) in [5.74, 6) is 0.218. The van der Waals surface area contributed by atoms with Gasteiger partial charge in [0.15, 0.2) is 0 Å². The van der Waals surface area contributed by atoms with Crippen molar-refractivity contribution in [2.75, 3.05) is 19.8 Å². The van der Waals surface area contributed by atoms with Crippen LogP contribution in [0.5, 0.6) is 0 Å². The molecule has 0 saturated carbocycles. The zero-order chi connectivity index (χ0) is 15.1. The monoisotopic (exact) mass is 290 g/mol. The molecule has 3 heteroatoms. The predicted octanol–water partition coefficient (Wildman–Crippen LogP) is 3.10. The Balaban J connectivity index is 1.84. The lowest BCUT2D eigenvalue weighted by Crippen LogP contribution is -2.46. The standard InChI is InChI=1S/C18H26O3/c1-13-4-5-15(10-14(13)2)17(3,19)16-6-8-21-18(11-16)7-9-20-12-18/h4-5,10,16,19H,6-9,11-12H2,1-3H3. The third kappa shape index (κ3) is 2.75. The van der Waals surface area contributed by atoms with Crippen molar-refractivity contribution in [3.8, 4) is 0 Å². The van der Waals surface area contributed by atoms with Gasteiger partial charge in [-0.05, 0) is 56.2 Å². The van der Waals surface area contributed by atoms with E-state index in [4.69, 9.17) is 9.47 Å². The summed E-state index contributed by atoms with van der Waals surface area (Å²) in [6.45, 7) is 8.33. The predicted molar refractivity (Wildman–Crippen MR) is 82.3 cm³/mol. The Kier molecular flexibility index (Phi) is 3.85. The summed E-state index contributed by atoms with van der Waals surface area (Å²) in [5.41, 5.74) is 2.55. The Morgan fingerprint density at radius 3 is 2.71 bits per heavy atom. The molecule has 0 bridgehead atoms. The van der Waals surface area contributed by atoms with Crippen LogP contribution in [0.4, 0.5) is 0 Å². The van der Waals surface area contributed by atoms with Crippen LogP contribution in [-0.2, 0) is 15.1 Å². The van der Waals surface area contributed by atoms with E-state index < -0.39 is 5.60 Å². The van der Waals surface area contributed by atoms with Crippen LogP contribution in [0.15, 0.2) is 18.2 Å². The lowest BCUT2D eigenvalue weighted by atomic mass is 9.73. The summed E-state index contributed by atoms with van der Waals surface area (Å²) >= 11 is 0.